The monoisotopic (exact) mass is 414 g/mol. The van der Waals surface area contributed by atoms with Crippen LogP contribution in [-0.4, -0.2) is 34.4 Å². The van der Waals surface area contributed by atoms with Gasteiger partial charge in [-0.15, -0.1) is 0 Å². The van der Waals surface area contributed by atoms with Crippen LogP contribution < -0.4 is 27.0 Å². The molecule has 0 spiro atoms. The van der Waals surface area contributed by atoms with Gasteiger partial charge in [-0.2, -0.15) is 0 Å². The van der Waals surface area contributed by atoms with Crippen molar-refractivity contribution < 1.29 is 14.3 Å². The van der Waals surface area contributed by atoms with Crippen LogP contribution in [0.2, 0.25) is 0 Å². The molecule has 0 radical (unpaired) electrons. The fourth-order valence-corrected chi connectivity index (χ4v) is 3.24. The van der Waals surface area contributed by atoms with Crippen molar-refractivity contribution in [2.24, 2.45) is 0 Å². The van der Waals surface area contributed by atoms with Crippen LogP contribution in [0.25, 0.3) is 6.08 Å². The van der Waals surface area contributed by atoms with E-state index in [0.29, 0.717) is 19.0 Å². The molecule has 1 aliphatic heterocycles. The van der Waals surface area contributed by atoms with Crippen molar-refractivity contribution in [1.29, 1.82) is 0 Å². The van der Waals surface area contributed by atoms with Gasteiger partial charge in [0.2, 0.25) is 5.91 Å². The summed E-state index contributed by atoms with van der Waals surface area (Å²) in [7, 11) is 0. The quantitative estimate of drug-likeness (QED) is 0.662. The van der Waals surface area contributed by atoms with Gasteiger partial charge >= 0.3 is 5.69 Å². The first-order valence-electron chi connectivity index (χ1n) is 9.91. The molecule has 1 saturated heterocycles. The van der Waals surface area contributed by atoms with Crippen molar-refractivity contribution >= 4 is 23.5 Å². The SMILES string of the molecule is CCn1c(N)c(NC(=O)/C=C/c2cccc(OC3CCOC3)c2)c(=O)n(CC)c1=O. The average molecular weight is 414 g/mol. The lowest BCUT2D eigenvalue weighted by molar-refractivity contribution is -0.111. The number of benzene rings is 1. The maximum Gasteiger partial charge on any atom is 0.332 e. The molecule has 2 aromatic rings. The predicted molar refractivity (Wildman–Crippen MR) is 115 cm³/mol. The Morgan fingerprint density at radius 1 is 1.30 bits per heavy atom. The Labute approximate surface area is 173 Å². The van der Waals surface area contributed by atoms with E-state index in [1.165, 1.54) is 10.6 Å². The Balaban J connectivity index is 1.77. The molecular formula is C21H26N4O5. The molecule has 2 heterocycles. The highest BCUT2D eigenvalue weighted by molar-refractivity contribution is 6.03. The van der Waals surface area contributed by atoms with Crippen LogP contribution in [0, 0.1) is 0 Å². The number of nitrogens with zero attached hydrogens (tertiary/aromatic N) is 2. The molecule has 30 heavy (non-hydrogen) atoms. The first kappa shape index (κ1) is 21.4. The van der Waals surface area contributed by atoms with E-state index in [9.17, 15) is 14.4 Å². The fourth-order valence-electron chi connectivity index (χ4n) is 3.24. The van der Waals surface area contributed by atoms with Gasteiger partial charge in [-0.25, -0.2) is 4.79 Å². The minimum Gasteiger partial charge on any atom is -0.488 e. The molecule has 1 aromatic carbocycles. The highest BCUT2D eigenvalue weighted by atomic mass is 16.5. The minimum atomic E-state index is -0.624. The number of hydrogen-bond donors (Lipinski definition) is 2. The lowest BCUT2D eigenvalue weighted by atomic mass is 10.2. The summed E-state index contributed by atoms with van der Waals surface area (Å²) >= 11 is 0. The number of ether oxygens (including phenoxy) is 2. The first-order valence-corrected chi connectivity index (χ1v) is 9.91. The average Bonchev–Trinajstić information content (AvgIpc) is 3.24. The van der Waals surface area contributed by atoms with Crippen LogP contribution in [0.5, 0.6) is 5.75 Å². The molecular weight excluding hydrogens is 388 g/mol. The molecule has 3 N–H and O–H groups in total. The molecule has 0 saturated carbocycles. The largest absolute Gasteiger partial charge is 0.488 e. The molecule has 0 aliphatic carbocycles. The van der Waals surface area contributed by atoms with Crippen molar-refractivity contribution in [2.75, 3.05) is 24.3 Å². The van der Waals surface area contributed by atoms with Crippen LogP contribution in [-0.2, 0) is 22.6 Å². The van der Waals surface area contributed by atoms with Crippen LogP contribution in [0.1, 0.15) is 25.8 Å². The molecule has 1 unspecified atom stereocenters. The summed E-state index contributed by atoms with van der Waals surface area (Å²) in [5.74, 6) is 0.101. The number of aromatic nitrogens is 2. The van der Waals surface area contributed by atoms with Gasteiger partial charge in [0.15, 0.2) is 0 Å². The van der Waals surface area contributed by atoms with Gasteiger partial charge < -0.3 is 20.5 Å². The van der Waals surface area contributed by atoms with E-state index < -0.39 is 17.2 Å². The Morgan fingerprint density at radius 2 is 2.07 bits per heavy atom. The van der Waals surface area contributed by atoms with E-state index in [2.05, 4.69) is 5.32 Å². The second kappa shape index (κ2) is 9.45. The van der Waals surface area contributed by atoms with Gasteiger partial charge in [-0.1, -0.05) is 12.1 Å². The molecule has 160 valence electrons. The minimum absolute atomic E-state index is 0.0329. The summed E-state index contributed by atoms with van der Waals surface area (Å²) in [5.41, 5.74) is 5.49. The highest BCUT2D eigenvalue weighted by Crippen LogP contribution is 2.19. The van der Waals surface area contributed by atoms with Crippen molar-refractivity contribution in [2.45, 2.75) is 39.5 Å². The molecule has 0 bridgehead atoms. The van der Waals surface area contributed by atoms with Gasteiger partial charge in [0.1, 0.15) is 23.4 Å². The zero-order valence-corrected chi connectivity index (χ0v) is 17.1. The Morgan fingerprint density at radius 3 is 2.73 bits per heavy atom. The van der Waals surface area contributed by atoms with E-state index >= 15 is 0 Å². The normalized spacial score (nSPS) is 16.1. The molecule has 1 fully saturated rings. The number of carbonyl (C=O) groups is 1. The Kier molecular flexibility index (Phi) is 6.73. The number of anilines is 2. The number of hydrogen-bond acceptors (Lipinski definition) is 6. The number of rotatable bonds is 7. The van der Waals surface area contributed by atoms with E-state index in [4.69, 9.17) is 15.2 Å². The fraction of sp³-hybridized carbons (Fsp3) is 0.381. The van der Waals surface area contributed by atoms with Crippen molar-refractivity contribution in [3.05, 3.63) is 56.7 Å². The second-order valence-corrected chi connectivity index (χ2v) is 6.84. The standard InChI is InChI=1S/C21H26N4O5/c1-3-24-19(22)18(20(27)25(4-2)21(24)28)23-17(26)9-8-14-6-5-7-15(12-14)30-16-10-11-29-13-16/h5-9,12,16H,3-4,10-11,13,22H2,1-2H3,(H,23,26)/b9-8+. The highest BCUT2D eigenvalue weighted by Gasteiger charge is 2.18. The van der Waals surface area contributed by atoms with Crippen molar-refractivity contribution in [3.8, 4) is 5.75 Å². The van der Waals surface area contributed by atoms with Gasteiger partial charge in [-0.05, 0) is 37.6 Å². The van der Waals surface area contributed by atoms with Crippen LogP contribution in [0.15, 0.2) is 39.9 Å². The predicted octanol–water partition coefficient (Wildman–Crippen LogP) is 1.45. The molecule has 1 atom stereocenters. The topological polar surface area (TPSA) is 118 Å². The third-order valence-electron chi connectivity index (χ3n) is 4.82. The zero-order chi connectivity index (χ0) is 21.7. The third kappa shape index (κ3) is 4.62. The molecule has 1 aliphatic rings. The first-order chi connectivity index (χ1) is 14.4. The van der Waals surface area contributed by atoms with Gasteiger partial charge in [-0.3, -0.25) is 18.7 Å². The van der Waals surface area contributed by atoms with Crippen LogP contribution >= 0.6 is 0 Å². The number of nitrogens with one attached hydrogen (secondary N) is 1. The molecule has 1 aromatic heterocycles. The number of carbonyl (C=O) groups excluding carboxylic acids is 1. The molecule has 9 heteroatoms. The molecule has 9 nitrogen and oxygen atoms in total. The molecule has 1 amide bonds. The number of amides is 1. The van der Waals surface area contributed by atoms with Crippen LogP contribution in [0.4, 0.5) is 11.5 Å². The van der Waals surface area contributed by atoms with Crippen LogP contribution in [0.3, 0.4) is 0 Å². The van der Waals surface area contributed by atoms with E-state index in [-0.39, 0.29) is 30.7 Å². The summed E-state index contributed by atoms with van der Waals surface area (Å²) in [6.07, 6.45) is 3.79. The lowest BCUT2D eigenvalue weighted by Gasteiger charge is -2.14. The van der Waals surface area contributed by atoms with Gasteiger partial charge in [0.25, 0.3) is 5.56 Å². The second-order valence-electron chi connectivity index (χ2n) is 6.84. The summed E-state index contributed by atoms with van der Waals surface area (Å²) in [4.78, 5) is 37.2. The number of nitrogen functional groups attached to an aromatic ring is 1. The zero-order valence-electron chi connectivity index (χ0n) is 17.1. The Hall–Kier alpha value is -3.33. The van der Waals surface area contributed by atoms with Crippen molar-refractivity contribution in [1.82, 2.24) is 9.13 Å². The lowest BCUT2D eigenvalue weighted by Crippen LogP contribution is -2.42. The van der Waals surface area contributed by atoms with Gasteiger partial charge in [0, 0.05) is 25.6 Å². The molecule has 3 rings (SSSR count). The smallest absolute Gasteiger partial charge is 0.332 e. The van der Waals surface area contributed by atoms with Gasteiger partial charge in [0.05, 0.1) is 13.2 Å². The summed E-state index contributed by atoms with van der Waals surface area (Å²) in [6, 6.07) is 7.32. The maximum atomic E-state index is 12.5. The summed E-state index contributed by atoms with van der Waals surface area (Å²) in [5, 5.41) is 2.51. The third-order valence-corrected chi connectivity index (χ3v) is 4.82. The Bertz CT molecular complexity index is 1060. The van der Waals surface area contributed by atoms with Crippen molar-refractivity contribution in [3.63, 3.8) is 0 Å². The number of nitrogens with two attached hydrogens (primary N) is 1. The summed E-state index contributed by atoms with van der Waals surface area (Å²) < 4.78 is 13.4. The van der Waals surface area contributed by atoms with E-state index in [1.807, 2.05) is 24.3 Å². The maximum absolute atomic E-state index is 12.5. The summed E-state index contributed by atoms with van der Waals surface area (Å²) in [6.45, 7) is 5.13. The van der Waals surface area contributed by atoms with E-state index in [0.717, 1.165) is 16.6 Å². The van der Waals surface area contributed by atoms with E-state index in [1.54, 1.807) is 19.9 Å².